The molecule has 1 saturated heterocycles. The number of thioether (sulfide) groups is 1. The van der Waals surface area contributed by atoms with Crippen LogP contribution < -0.4 is 5.32 Å². The molecule has 2 rings (SSSR count). The quantitative estimate of drug-likeness (QED) is 0.527. The minimum atomic E-state index is -0.500. The average molecular weight is 399 g/mol. The smallest absolute Gasteiger partial charge is 0.316 e. The van der Waals surface area contributed by atoms with Crippen LogP contribution in [0.15, 0.2) is 0 Å². The monoisotopic (exact) mass is 398 g/mol. The van der Waals surface area contributed by atoms with Gasteiger partial charge in [-0.05, 0) is 36.5 Å². The van der Waals surface area contributed by atoms with Gasteiger partial charge in [-0.3, -0.25) is 14.4 Å². The minimum absolute atomic E-state index is 0.0313. The summed E-state index contributed by atoms with van der Waals surface area (Å²) in [5.41, 5.74) is -0.500. The van der Waals surface area contributed by atoms with Crippen molar-refractivity contribution in [1.82, 2.24) is 10.2 Å². The molecule has 2 aliphatic rings. The Morgan fingerprint density at radius 1 is 1.26 bits per heavy atom. The first kappa shape index (κ1) is 22.1. The average Bonchev–Trinajstić information content (AvgIpc) is 2.55. The zero-order chi connectivity index (χ0) is 20.1. The molecule has 1 aliphatic carbocycles. The molecule has 1 aliphatic heterocycles. The fourth-order valence-corrected chi connectivity index (χ4v) is 4.92. The van der Waals surface area contributed by atoms with E-state index in [4.69, 9.17) is 4.74 Å². The second kappa shape index (κ2) is 9.80. The third-order valence-corrected chi connectivity index (χ3v) is 6.46. The highest BCUT2D eigenvalue weighted by molar-refractivity contribution is 8.00. The number of carbonyl (C=O) groups excluding carboxylic acids is 3. The van der Waals surface area contributed by atoms with Crippen LogP contribution in [0, 0.1) is 23.7 Å². The number of amides is 2. The van der Waals surface area contributed by atoms with E-state index in [-0.39, 0.29) is 42.0 Å². The van der Waals surface area contributed by atoms with Gasteiger partial charge >= 0.3 is 5.97 Å². The standard InChI is InChI=1S/C20H34N2O4S/c1-12(2)10-22-18(24)9-17(23)21-20(22)27-11-19(25)26-16-8-14(5)6-7-15(16)13(3)4/h12-16,20H,6-11H2,1-5H3,(H,21,23). The van der Waals surface area contributed by atoms with Crippen molar-refractivity contribution in [1.29, 1.82) is 0 Å². The number of rotatable bonds is 7. The minimum Gasteiger partial charge on any atom is -0.461 e. The molecule has 1 N–H and O–H groups in total. The summed E-state index contributed by atoms with van der Waals surface area (Å²) in [6, 6.07) is 0. The van der Waals surface area contributed by atoms with Crippen LogP contribution >= 0.6 is 11.8 Å². The maximum Gasteiger partial charge on any atom is 0.316 e. The fraction of sp³-hybridized carbons (Fsp3) is 0.850. The van der Waals surface area contributed by atoms with Crippen LogP contribution in [-0.4, -0.2) is 46.6 Å². The Labute approximate surface area is 167 Å². The highest BCUT2D eigenvalue weighted by Crippen LogP contribution is 2.35. The molecule has 1 heterocycles. The predicted molar refractivity (Wildman–Crippen MR) is 107 cm³/mol. The number of nitrogens with zero attached hydrogens (tertiary/aromatic N) is 1. The lowest BCUT2D eigenvalue weighted by atomic mass is 9.75. The van der Waals surface area contributed by atoms with Crippen molar-refractivity contribution < 1.29 is 19.1 Å². The van der Waals surface area contributed by atoms with E-state index in [9.17, 15) is 14.4 Å². The van der Waals surface area contributed by atoms with Gasteiger partial charge < -0.3 is 15.0 Å². The van der Waals surface area contributed by atoms with Crippen LogP contribution in [0.25, 0.3) is 0 Å². The van der Waals surface area contributed by atoms with E-state index < -0.39 is 5.50 Å². The highest BCUT2D eigenvalue weighted by Gasteiger charge is 2.35. The maximum atomic E-state index is 12.5. The van der Waals surface area contributed by atoms with E-state index in [0.29, 0.717) is 24.3 Å². The van der Waals surface area contributed by atoms with Gasteiger partial charge in [-0.15, -0.1) is 11.8 Å². The Morgan fingerprint density at radius 2 is 1.96 bits per heavy atom. The van der Waals surface area contributed by atoms with Crippen LogP contribution in [0.5, 0.6) is 0 Å². The molecule has 1 saturated carbocycles. The molecule has 0 spiro atoms. The lowest BCUT2D eigenvalue weighted by molar-refractivity contribution is -0.152. The van der Waals surface area contributed by atoms with Gasteiger partial charge in [0.1, 0.15) is 12.5 Å². The third kappa shape index (κ3) is 6.40. The third-order valence-electron chi connectivity index (χ3n) is 5.36. The number of hydrogen-bond acceptors (Lipinski definition) is 5. The van der Waals surface area contributed by atoms with Crippen LogP contribution in [0.3, 0.4) is 0 Å². The van der Waals surface area contributed by atoms with Crippen molar-refractivity contribution in [2.24, 2.45) is 23.7 Å². The Kier molecular flexibility index (Phi) is 8.01. The molecule has 27 heavy (non-hydrogen) atoms. The van der Waals surface area contributed by atoms with E-state index in [2.05, 4.69) is 26.1 Å². The summed E-state index contributed by atoms with van der Waals surface area (Å²) in [5.74, 6) is 1.15. The Bertz CT molecular complexity index is 552. The van der Waals surface area contributed by atoms with Gasteiger partial charge in [-0.1, -0.05) is 41.0 Å². The summed E-state index contributed by atoms with van der Waals surface area (Å²) in [7, 11) is 0. The van der Waals surface area contributed by atoms with Crippen molar-refractivity contribution in [3.63, 3.8) is 0 Å². The topological polar surface area (TPSA) is 75.7 Å². The summed E-state index contributed by atoms with van der Waals surface area (Å²) < 4.78 is 5.82. The molecule has 0 bridgehead atoms. The first-order valence-corrected chi connectivity index (χ1v) is 11.1. The molecule has 7 heteroatoms. The highest BCUT2D eigenvalue weighted by atomic mass is 32.2. The SMILES string of the molecule is CC(C)CN1C(=O)CC(=O)NC1SCC(=O)OC1CC(C)CCC1C(C)C. The molecule has 0 radical (unpaired) electrons. The van der Waals surface area contributed by atoms with E-state index >= 15 is 0 Å². The van der Waals surface area contributed by atoms with Crippen molar-refractivity contribution in [3.05, 3.63) is 0 Å². The molecule has 6 nitrogen and oxygen atoms in total. The molecule has 0 aromatic heterocycles. The zero-order valence-corrected chi connectivity index (χ0v) is 18.0. The van der Waals surface area contributed by atoms with Gasteiger partial charge in [0.25, 0.3) is 0 Å². The largest absolute Gasteiger partial charge is 0.461 e. The van der Waals surface area contributed by atoms with Crippen LogP contribution in [0.1, 0.15) is 60.3 Å². The number of esters is 1. The van der Waals surface area contributed by atoms with Crippen molar-refractivity contribution in [2.75, 3.05) is 12.3 Å². The van der Waals surface area contributed by atoms with Gasteiger partial charge in [0, 0.05) is 6.54 Å². The molecule has 154 valence electrons. The van der Waals surface area contributed by atoms with Crippen molar-refractivity contribution in [2.45, 2.75) is 71.9 Å². The van der Waals surface area contributed by atoms with Crippen molar-refractivity contribution in [3.8, 4) is 0 Å². The summed E-state index contributed by atoms with van der Waals surface area (Å²) >= 11 is 1.26. The van der Waals surface area contributed by atoms with E-state index in [1.165, 1.54) is 18.2 Å². The Balaban J connectivity index is 1.92. The number of nitrogens with one attached hydrogen (secondary N) is 1. The summed E-state index contributed by atoms with van der Waals surface area (Å²) in [6.45, 7) is 11.2. The van der Waals surface area contributed by atoms with Gasteiger partial charge in [-0.25, -0.2) is 0 Å². The second-order valence-corrected chi connectivity index (χ2v) is 9.77. The Hall–Kier alpha value is -1.24. The molecule has 4 unspecified atom stereocenters. The predicted octanol–water partition coefficient (Wildman–Crippen LogP) is 3.01. The van der Waals surface area contributed by atoms with E-state index in [0.717, 1.165) is 12.8 Å². The molecule has 0 aromatic carbocycles. The van der Waals surface area contributed by atoms with E-state index in [1.807, 2.05) is 13.8 Å². The zero-order valence-electron chi connectivity index (χ0n) is 17.2. The number of ether oxygens (including phenoxy) is 1. The van der Waals surface area contributed by atoms with Gasteiger partial charge in [0.2, 0.25) is 11.8 Å². The number of carbonyl (C=O) groups is 3. The normalized spacial score (nSPS) is 29.2. The summed E-state index contributed by atoms with van der Waals surface area (Å²) in [4.78, 5) is 38.1. The van der Waals surface area contributed by atoms with Crippen molar-refractivity contribution >= 4 is 29.5 Å². The Morgan fingerprint density at radius 3 is 2.59 bits per heavy atom. The molecular weight excluding hydrogens is 364 g/mol. The lowest BCUT2D eigenvalue weighted by Crippen LogP contribution is -2.56. The maximum absolute atomic E-state index is 12.5. The van der Waals surface area contributed by atoms with Crippen LogP contribution in [0.4, 0.5) is 0 Å². The fourth-order valence-electron chi connectivity index (χ4n) is 3.96. The molecule has 4 atom stereocenters. The van der Waals surface area contributed by atoms with Crippen LogP contribution in [0.2, 0.25) is 0 Å². The molecule has 2 fully saturated rings. The van der Waals surface area contributed by atoms with E-state index in [1.54, 1.807) is 4.90 Å². The first-order chi connectivity index (χ1) is 12.7. The lowest BCUT2D eigenvalue weighted by Gasteiger charge is -2.37. The summed E-state index contributed by atoms with van der Waals surface area (Å²) in [5, 5.41) is 2.82. The second-order valence-electron chi connectivity index (χ2n) is 8.70. The first-order valence-electron chi connectivity index (χ1n) is 10.1. The number of hydrogen-bond donors (Lipinski definition) is 1. The van der Waals surface area contributed by atoms with Gasteiger partial charge in [0.15, 0.2) is 5.50 Å². The summed E-state index contributed by atoms with van der Waals surface area (Å²) in [6.07, 6.45) is 3.05. The van der Waals surface area contributed by atoms with Gasteiger partial charge in [-0.2, -0.15) is 0 Å². The molecule has 0 aromatic rings. The van der Waals surface area contributed by atoms with Crippen LogP contribution in [-0.2, 0) is 19.1 Å². The molecular formula is C20H34N2O4S. The molecule has 2 amide bonds. The van der Waals surface area contributed by atoms with Gasteiger partial charge in [0.05, 0.1) is 5.75 Å².